The van der Waals surface area contributed by atoms with Crippen molar-refractivity contribution >= 4 is 17.4 Å². The quantitative estimate of drug-likeness (QED) is 0.670. The summed E-state index contributed by atoms with van der Waals surface area (Å²) in [6, 6.07) is 11.9. The van der Waals surface area contributed by atoms with E-state index in [1.807, 2.05) is 55.4 Å². The molecule has 3 aromatic rings. The fourth-order valence-corrected chi connectivity index (χ4v) is 3.70. The lowest BCUT2D eigenvalue weighted by Gasteiger charge is -2.21. The van der Waals surface area contributed by atoms with E-state index in [4.69, 9.17) is 4.52 Å². The van der Waals surface area contributed by atoms with E-state index in [0.29, 0.717) is 11.7 Å². The summed E-state index contributed by atoms with van der Waals surface area (Å²) in [5, 5.41) is 6.97. The van der Waals surface area contributed by atoms with Gasteiger partial charge < -0.3 is 14.7 Å². The van der Waals surface area contributed by atoms with Gasteiger partial charge in [-0.1, -0.05) is 17.3 Å². The number of anilines is 2. The fraction of sp³-hybridized carbons (Fsp3) is 0.364. The van der Waals surface area contributed by atoms with E-state index in [2.05, 4.69) is 25.3 Å². The van der Waals surface area contributed by atoms with Gasteiger partial charge in [0.2, 0.25) is 17.6 Å². The van der Waals surface area contributed by atoms with Crippen LogP contribution in [0.1, 0.15) is 37.3 Å². The summed E-state index contributed by atoms with van der Waals surface area (Å²) in [4.78, 5) is 24.6. The van der Waals surface area contributed by atoms with Crippen molar-refractivity contribution in [1.82, 2.24) is 20.0 Å². The topological polar surface area (TPSA) is 87.4 Å². The van der Waals surface area contributed by atoms with Gasteiger partial charge in [-0.05, 0) is 49.2 Å². The number of carbonyl (C=O) groups is 1. The molecule has 30 heavy (non-hydrogen) atoms. The van der Waals surface area contributed by atoms with Crippen LogP contribution < -0.4 is 10.2 Å². The van der Waals surface area contributed by atoms with E-state index in [1.165, 1.54) is 12.5 Å². The van der Waals surface area contributed by atoms with Crippen LogP contribution in [0.25, 0.3) is 11.4 Å². The molecule has 3 heterocycles. The average Bonchev–Trinajstić information content (AvgIpc) is 3.38. The van der Waals surface area contributed by atoms with Gasteiger partial charge in [-0.15, -0.1) is 0 Å². The van der Waals surface area contributed by atoms with Gasteiger partial charge in [0, 0.05) is 45.0 Å². The van der Waals surface area contributed by atoms with E-state index in [0.717, 1.165) is 43.0 Å². The molecule has 1 saturated heterocycles. The van der Waals surface area contributed by atoms with Crippen LogP contribution in [-0.4, -0.2) is 46.6 Å². The predicted octanol–water partition coefficient (Wildman–Crippen LogP) is 3.49. The van der Waals surface area contributed by atoms with Crippen LogP contribution in [0.15, 0.2) is 47.1 Å². The van der Waals surface area contributed by atoms with Crippen LogP contribution in [-0.2, 0) is 11.3 Å². The first-order valence-corrected chi connectivity index (χ1v) is 10.1. The smallest absolute Gasteiger partial charge is 0.244 e. The minimum Gasteiger partial charge on any atom is -0.363 e. The van der Waals surface area contributed by atoms with Gasteiger partial charge in [0.15, 0.2) is 0 Å². The van der Waals surface area contributed by atoms with Gasteiger partial charge in [-0.2, -0.15) is 4.98 Å². The van der Waals surface area contributed by atoms with Crippen molar-refractivity contribution in [3.05, 3.63) is 54.0 Å². The van der Waals surface area contributed by atoms with Crippen LogP contribution in [0, 0.1) is 0 Å². The molecule has 1 amide bonds. The monoisotopic (exact) mass is 406 g/mol. The molecule has 1 unspecified atom stereocenters. The Balaban J connectivity index is 1.45. The Morgan fingerprint density at radius 3 is 2.70 bits per heavy atom. The third-order valence-corrected chi connectivity index (χ3v) is 5.21. The molecule has 0 spiro atoms. The molecular formula is C22H26N6O2. The van der Waals surface area contributed by atoms with Gasteiger partial charge in [0.1, 0.15) is 5.82 Å². The molecular weight excluding hydrogens is 380 g/mol. The van der Waals surface area contributed by atoms with Crippen molar-refractivity contribution in [3.8, 4) is 11.4 Å². The highest BCUT2D eigenvalue weighted by atomic mass is 16.5. The first kappa shape index (κ1) is 20.0. The normalized spacial score (nSPS) is 16.6. The number of aromatic nitrogens is 3. The maximum Gasteiger partial charge on any atom is 0.244 e. The Morgan fingerprint density at radius 2 is 2.03 bits per heavy atom. The maximum absolute atomic E-state index is 11.2. The molecule has 156 valence electrons. The number of nitrogens with zero attached hydrogens (tertiary/aromatic N) is 5. The van der Waals surface area contributed by atoms with Gasteiger partial charge in [0.05, 0.1) is 6.04 Å². The third-order valence-electron chi connectivity index (χ3n) is 5.21. The molecule has 1 aliphatic rings. The van der Waals surface area contributed by atoms with Crippen molar-refractivity contribution in [2.75, 3.05) is 30.9 Å². The maximum atomic E-state index is 11.2. The Hall–Kier alpha value is -3.26. The van der Waals surface area contributed by atoms with Crippen LogP contribution >= 0.6 is 0 Å². The summed E-state index contributed by atoms with van der Waals surface area (Å²) in [5.41, 5.74) is 2.83. The highest BCUT2D eigenvalue weighted by Gasteiger charge is 2.30. The van der Waals surface area contributed by atoms with Crippen molar-refractivity contribution in [3.63, 3.8) is 0 Å². The molecule has 1 aromatic carbocycles. The van der Waals surface area contributed by atoms with Crippen molar-refractivity contribution in [1.29, 1.82) is 0 Å². The van der Waals surface area contributed by atoms with Crippen LogP contribution in [0.2, 0.25) is 0 Å². The molecule has 0 radical (unpaired) electrons. The molecule has 8 nitrogen and oxygen atoms in total. The van der Waals surface area contributed by atoms with Crippen LogP contribution in [0.4, 0.5) is 11.5 Å². The number of rotatable bonds is 6. The van der Waals surface area contributed by atoms with E-state index in [1.54, 1.807) is 6.20 Å². The lowest BCUT2D eigenvalue weighted by Crippen LogP contribution is -2.23. The molecule has 1 aliphatic heterocycles. The molecule has 1 fully saturated rings. The van der Waals surface area contributed by atoms with Crippen LogP contribution in [0.3, 0.4) is 0 Å². The molecule has 1 N–H and O–H groups in total. The standard InChI is InChI=1S/C22H26N6O2/c1-15(29)24-18-9-6-16(7-10-18)14-28-12-4-5-19(28)22-25-21(26-30-22)17-8-11-20(23-13-17)27(2)3/h6-11,13,19H,4-5,12,14H2,1-3H3,(H,24,29). The first-order valence-electron chi connectivity index (χ1n) is 10.1. The molecule has 2 aromatic heterocycles. The van der Waals surface area contributed by atoms with Gasteiger partial charge in [0.25, 0.3) is 0 Å². The third kappa shape index (κ3) is 4.49. The summed E-state index contributed by atoms with van der Waals surface area (Å²) in [5.74, 6) is 2.03. The number of amides is 1. The summed E-state index contributed by atoms with van der Waals surface area (Å²) < 4.78 is 5.62. The highest BCUT2D eigenvalue weighted by molar-refractivity contribution is 5.88. The Labute approximate surface area is 175 Å². The highest BCUT2D eigenvalue weighted by Crippen LogP contribution is 2.33. The number of hydrogen-bond donors (Lipinski definition) is 1. The number of hydrogen-bond acceptors (Lipinski definition) is 7. The molecule has 8 heteroatoms. The second-order valence-electron chi connectivity index (χ2n) is 7.76. The second-order valence-corrected chi connectivity index (χ2v) is 7.76. The fourth-order valence-electron chi connectivity index (χ4n) is 3.70. The lowest BCUT2D eigenvalue weighted by atomic mass is 10.1. The second kappa shape index (κ2) is 8.62. The first-order chi connectivity index (χ1) is 14.5. The summed E-state index contributed by atoms with van der Waals surface area (Å²) in [7, 11) is 3.91. The van der Waals surface area contributed by atoms with E-state index in [-0.39, 0.29) is 11.9 Å². The SMILES string of the molecule is CC(=O)Nc1ccc(CN2CCCC2c2nc(-c3ccc(N(C)C)nc3)no2)cc1. The molecule has 0 bridgehead atoms. The number of benzene rings is 1. The number of pyridine rings is 1. The van der Waals surface area contributed by atoms with E-state index < -0.39 is 0 Å². The molecule has 4 rings (SSSR count). The number of nitrogens with one attached hydrogen (secondary N) is 1. The number of carbonyl (C=O) groups excluding carboxylic acids is 1. The summed E-state index contributed by atoms with van der Waals surface area (Å²) in [6.07, 6.45) is 3.85. The lowest BCUT2D eigenvalue weighted by molar-refractivity contribution is -0.114. The molecule has 0 aliphatic carbocycles. The van der Waals surface area contributed by atoms with E-state index >= 15 is 0 Å². The van der Waals surface area contributed by atoms with Crippen molar-refractivity contribution in [2.45, 2.75) is 32.4 Å². The minimum atomic E-state index is -0.0684. The van der Waals surface area contributed by atoms with Gasteiger partial charge >= 0.3 is 0 Å². The minimum absolute atomic E-state index is 0.0684. The zero-order valence-corrected chi connectivity index (χ0v) is 17.5. The molecule has 0 saturated carbocycles. The molecule has 1 atom stereocenters. The largest absolute Gasteiger partial charge is 0.363 e. The van der Waals surface area contributed by atoms with Gasteiger partial charge in [-0.3, -0.25) is 9.69 Å². The Kier molecular flexibility index (Phi) is 5.76. The summed E-state index contributed by atoms with van der Waals surface area (Å²) >= 11 is 0. The Bertz CT molecular complexity index is 997. The Morgan fingerprint density at radius 1 is 1.23 bits per heavy atom. The average molecular weight is 406 g/mol. The van der Waals surface area contributed by atoms with E-state index in [9.17, 15) is 4.79 Å². The zero-order chi connectivity index (χ0) is 21.1. The van der Waals surface area contributed by atoms with Crippen molar-refractivity contribution < 1.29 is 9.32 Å². The zero-order valence-electron chi connectivity index (χ0n) is 17.5. The van der Waals surface area contributed by atoms with Crippen molar-refractivity contribution in [2.24, 2.45) is 0 Å². The summed E-state index contributed by atoms with van der Waals surface area (Å²) in [6.45, 7) is 3.28. The number of likely N-dealkylation sites (tertiary alicyclic amines) is 1. The predicted molar refractivity (Wildman–Crippen MR) is 115 cm³/mol. The van der Waals surface area contributed by atoms with Crippen LogP contribution in [0.5, 0.6) is 0 Å². The van der Waals surface area contributed by atoms with Gasteiger partial charge in [-0.25, -0.2) is 4.98 Å².